The van der Waals surface area contributed by atoms with Gasteiger partial charge in [0.15, 0.2) is 0 Å². The third kappa shape index (κ3) is 5.41. The van der Waals surface area contributed by atoms with Gasteiger partial charge in [0, 0.05) is 30.0 Å². The van der Waals surface area contributed by atoms with Gasteiger partial charge in [0.1, 0.15) is 0 Å². The van der Waals surface area contributed by atoms with Crippen molar-refractivity contribution >= 4 is 17.5 Å². The molecule has 0 aliphatic rings. The van der Waals surface area contributed by atoms with Crippen molar-refractivity contribution in [3.63, 3.8) is 0 Å². The van der Waals surface area contributed by atoms with Gasteiger partial charge in [-0.1, -0.05) is 0 Å². The fourth-order valence-electron chi connectivity index (χ4n) is 1.99. The molecular weight excluding hydrogens is 272 g/mol. The highest BCUT2D eigenvalue weighted by molar-refractivity contribution is 5.99. The average Bonchev–Trinajstić information content (AvgIpc) is 2.44. The molecule has 21 heavy (non-hydrogen) atoms. The van der Waals surface area contributed by atoms with Gasteiger partial charge in [-0.25, -0.2) is 0 Å². The molecule has 0 aromatic heterocycles. The van der Waals surface area contributed by atoms with Crippen molar-refractivity contribution in [1.82, 2.24) is 0 Å². The van der Waals surface area contributed by atoms with E-state index in [-0.39, 0.29) is 17.2 Å². The Hall–Kier alpha value is -2.12. The molecule has 0 radical (unpaired) electrons. The first-order valence-corrected chi connectivity index (χ1v) is 6.68. The molecule has 2 amide bonds. The van der Waals surface area contributed by atoms with Crippen LogP contribution in [-0.2, 0) is 4.74 Å². The summed E-state index contributed by atoms with van der Waals surface area (Å²) in [4.78, 5) is 22.6. The highest BCUT2D eigenvalue weighted by Gasteiger charge is 2.12. The standard InChI is InChI=1S/C14H22N4O3/c1-21-8-11(3-2-4-15)18-12-6-9(13(16)19)5-10(7-12)14(17)20/h5-7,11,18H,2-4,8,15H2,1H3,(H2,16,19)(H2,17,20). The summed E-state index contributed by atoms with van der Waals surface area (Å²) in [5.74, 6) is -1.24. The first kappa shape index (κ1) is 16.9. The Kier molecular flexibility index (Phi) is 6.64. The summed E-state index contributed by atoms with van der Waals surface area (Å²) in [5.41, 5.74) is 17.1. The van der Waals surface area contributed by atoms with Crippen molar-refractivity contribution in [1.29, 1.82) is 0 Å². The number of amides is 2. The normalized spacial score (nSPS) is 11.9. The number of primary amides is 2. The number of nitrogens with two attached hydrogens (primary N) is 3. The molecule has 0 spiro atoms. The molecule has 0 aliphatic heterocycles. The molecule has 0 saturated heterocycles. The maximum Gasteiger partial charge on any atom is 0.248 e. The van der Waals surface area contributed by atoms with Crippen LogP contribution in [0, 0.1) is 0 Å². The molecule has 0 bridgehead atoms. The molecule has 7 nitrogen and oxygen atoms in total. The van der Waals surface area contributed by atoms with Gasteiger partial charge in [-0.15, -0.1) is 0 Å². The van der Waals surface area contributed by atoms with Crippen LogP contribution in [0.3, 0.4) is 0 Å². The first-order chi connectivity index (χ1) is 9.97. The summed E-state index contributed by atoms with van der Waals surface area (Å²) >= 11 is 0. The van der Waals surface area contributed by atoms with E-state index < -0.39 is 11.8 Å². The predicted molar refractivity (Wildman–Crippen MR) is 81.1 cm³/mol. The van der Waals surface area contributed by atoms with Crippen molar-refractivity contribution in [3.05, 3.63) is 29.3 Å². The lowest BCUT2D eigenvalue weighted by molar-refractivity contribution is 0.0999. The summed E-state index contributed by atoms with van der Waals surface area (Å²) in [6.45, 7) is 1.06. The molecule has 0 heterocycles. The lowest BCUT2D eigenvalue weighted by atomic mass is 10.1. The van der Waals surface area contributed by atoms with Gasteiger partial charge >= 0.3 is 0 Å². The lowest BCUT2D eigenvalue weighted by Gasteiger charge is -2.19. The topological polar surface area (TPSA) is 133 Å². The Morgan fingerprint density at radius 1 is 1.19 bits per heavy atom. The number of ether oxygens (including phenoxy) is 1. The summed E-state index contributed by atoms with van der Waals surface area (Å²) in [6, 6.07) is 4.56. The second kappa shape index (κ2) is 8.23. The van der Waals surface area contributed by atoms with E-state index in [4.69, 9.17) is 21.9 Å². The Morgan fingerprint density at radius 3 is 2.19 bits per heavy atom. The molecule has 1 aromatic rings. The predicted octanol–water partition coefficient (Wildman–Crippen LogP) is 0.0502. The number of benzene rings is 1. The number of nitrogens with one attached hydrogen (secondary N) is 1. The summed E-state index contributed by atoms with van der Waals surface area (Å²) < 4.78 is 5.14. The Balaban J connectivity index is 2.98. The molecule has 0 saturated carbocycles. The molecule has 0 aliphatic carbocycles. The van der Waals surface area contributed by atoms with Crippen LogP contribution < -0.4 is 22.5 Å². The van der Waals surface area contributed by atoms with E-state index >= 15 is 0 Å². The SMILES string of the molecule is COCC(CCCN)Nc1cc(C(N)=O)cc(C(N)=O)c1. The molecule has 1 atom stereocenters. The first-order valence-electron chi connectivity index (χ1n) is 6.68. The van der Waals surface area contributed by atoms with E-state index in [1.165, 1.54) is 6.07 Å². The van der Waals surface area contributed by atoms with E-state index in [9.17, 15) is 9.59 Å². The fraction of sp³-hybridized carbons (Fsp3) is 0.429. The van der Waals surface area contributed by atoms with E-state index in [1.807, 2.05) is 0 Å². The lowest BCUT2D eigenvalue weighted by Crippen LogP contribution is -2.26. The molecule has 116 valence electrons. The quantitative estimate of drug-likeness (QED) is 0.510. The average molecular weight is 294 g/mol. The van der Waals surface area contributed by atoms with Crippen LogP contribution in [0.5, 0.6) is 0 Å². The fourth-order valence-corrected chi connectivity index (χ4v) is 1.99. The van der Waals surface area contributed by atoms with Gasteiger partial charge in [-0.2, -0.15) is 0 Å². The molecule has 1 aromatic carbocycles. The Morgan fingerprint density at radius 2 is 1.76 bits per heavy atom. The van der Waals surface area contributed by atoms with Gasteiger partial charge in [0.25, 0.3) is 0 Å². The third-order valence-corrected chi connectivity index (χ3v) is 3.00. The summed E-state index contributed by atoms with van der Waals surface area (Å²) in [7, 11) is 1.60. The van der Waals surface area contributed by atoms with Gasteiger partial charge < -0.3 is 27.3 Å². The van der Waals surface area contributed by atoms with Gasteiger partial charge in [-0.3, -0.25) is 9.59 Å². The molecule has 0 fully saturated rings. The number of carbonyl (C=O) groups is 2. The summed E-state index contributed by atoms with van der Waals surface area (Å²) in [6.07, 6.45) is 1.64. The zero-order chi connectivity index (χ0) is 15.8. The molecule has 7 N–H and O–H groups in total. The number of anilines is 1. The van der Waals surface area contributed by atoms with E-state index in [0.717, 1.165) is 12.8 Å². The minimum atomic E-state index is -0.619. The highest BCUT2D eigenvalue weighted by atomic mass is 16.5. The largest absolute Gasteiger partial charge is 0.383 e. The minimum Gasteiger partial charge on any atom is -0.383 e. The Bertz CT molecular complexity index is 473. The van der Waals surface area contributed by atoms with E-state index in [1.54, 1.807) is 19.2 Å². The zero-order valence-corrected chi connectivity index (χ0v) is 12.1. The third-order valence-electron chi connectivity index (χ3n) is 3.00. The number of rotatable bonds is 9. The maximum absolute atomic E-state index is 11.3. The van der Waals surface area contributed by atoms with Crippen LogP contribution in [0.2, 0.25) is 0 Å². The van der Waals surface area contributed by atoms with Crippen LogP contribution in [0.1, 0.15) is 33.6 Å². The number of hydrogen-bond donors (Lipinski definition) is 4. The van der Waals surface area contributed by atoms with Crippen molar-refractivity contribution in [2.45, 2.75) is 18.9 Å². The van der Waals surface area contributed by atoms with Crippen molar-refractivity contribution in [3.8, 4) is 0 Å². The number of methoxy groups -OCH3 is 1. The minimum absolute atomic E-state index is 0.0161. The van der Waals surface area contributed by atoms with Crippen LogP contribution in [0.15, 0.2) is 18.2 Å². The van der Waals surface area contributed by atoms with Gasteiger partial charge in [0.05, 0.1) is 6.61 Å². The van der Waals surface area contributed by atoms with Gasteiger partial charge in [0.2, 0.25) is 11.8 Å². The van der Waals surface area contributed by atoms with E-state index in [2.05, 4.69) is 5.32 Å². The van der Waals surface area contributed by atoms with Crippen LogP contribution in [0.25, 0.3) is 0 Å². The van der Waals surface area contributed by atoms with E-state index in [0.29, 0.717) is 18.8 Å². The summed E-state index contributed by atoms with van der Waals surface area (Å²) in [5, 5.41) is 3.21. The second-order valence-corrected chi connectivity index (χ2v) is 4.76. The Labute approximate surface area is 123 Å². The smallest absolute Gasteiger partial charge is 0.248 e. The molecule has 1 unspecified atom stereocenters. The van der Waals surface area contributed by atoms with Crippen molar-refractivity contribution in [2.24, 2.45) is 17.2 Å². The zero-order valence-electron chi connectivity index (χ0n) is 12.1. The molecular formula is C14H22N4O3. The van der Waals surface area contributed by atoms with Crippen molar-refractivity contribution < 1.29 is 14.3 Å². The number of hydrogen-bond acceptors (Lipinski definition) is 5. The highest BCUT2D eigenvalue weighted by Crippen LogP contribution is 2.17. The van der Waals surface area contributed by atoms with Crippen molar-refractivity contribution in [2.75, 3.05) is 25.6 Å². The molecule has 7 heteroatoms. The van der Waals surface area contributed by atoms with Crippen LogP contribution >= 0.6 is 0 Å². The molecule has 1 rings (SSSR count). The van der Waals surface area contributed by atoms with Crippen LogP contribution in [-0.4, -0.2) is 38.1 Å². The maximum atomic E-state index is 11.3. The monoisotopic (exact) mass is 294 g/mol. The van der Waals surface area contributed by atoms with Crippen LogP contribution in [0.4, 0.5) is 5.69 Å². The second-order valence-electron chi connectivity index (χ2n) is 4.76. The van der Waals surface area contributed by atoms with Gasteiger partial charge in [-0.05, 0) is 37.6 Å². The number of carbonyl (C=O) groups excluding carboxylic acids is 2.